The highest BCUT2D eigenvalue weighted by molar-refractivity contribution is 5.60. The van der Waals surface area contributed by atoms with Gasteiger partial charge in [0.05, 0.1) is 11.5 Å². The number of aromatic nitrogens is 1. The zero-order chi connectivity index (χ0) is 15.1. The Balaban J connectivity index is 1.94. The number of benzene rings is 1. The summed E-state index contributed by atoms with van der Waals surface area (Å²) in [6.07, 6.45) is 0. The molecule has 0 saturated heterocycles. The SMILES string of the molecule is CNc1ccc([N+](=O)[O-])c(NCCOc2ccccc2)n1. The van der Waals surface area contributed by atoms with E-state index in [4.69, 9.17) is 4.74 Å². The lowest BCUT2D eigenvalue weighted by molar-refractivity contribution is -0.384. The normalized spacial score (nSPS) is 9.95. The molecule has 1 aromatic carbocycles. The quantitative estimate of drug-likeness (QED) is 0.462. The number of anilines is 2. The summed E-state index contributed by atoms with van der Waals surface area (Å²) in [7, 11) is 1.70. The largest absolute Gasteiger partial charge is 0.492 e. The molecule has 2 rings (SSSR count). The van der Waals surface area contributed by atoms with Crippen LogP contribution in [0.4, 0.5) is 17.3 Å². The Kier molecular flexibility index (Phi) is 4.92. The van der Waals surface area contributed by atoms with Gasteiger partial charge in [0.2, 0.25) is 5.82 Å². The summed E-state index contributed by atoms with van der Waals surface area (Å²) >= 11 is 0. The van der Waals surface area contributed by atoms with E-state index < -0.39 is 4.92 Å². The summed E-state index contributed by atoms with van der Waals surface area (Å²) in [6, 6.07) is 12.3. The maximum atomic E-state index is 10.9. The number of para-hydroxylation sites is 1. The van der Waals surface area contributed by atoms with Gasteiger partial charge in [-0.2, -0.15) is 0 Å². The number of nitro groups is 1. The first-order valence-electron chi connectivity index (χ1n) is 6.45. The zero-order valence-corrected chi connectivity index (χ0v) is 11.6. The Labute approximate surface area is 122 Å². The number of hydrogen-bond acceptors (Lipinski definition) is 6. The van der Waals surface area contributed by atoms with Gasteiger partial charge < -0.3 is 15.4 Å². The van der Waals surface area contributed by atoms with Crippen molar-refractivity contribution in [1.82, 2.24) is 4.98 Å². The van der Waals surface area contributed by atoms with Crippen LogP contribution in [0.5, 0.6) is 5.75 Å². The predicted octanol–water partition coefficient (Wildman–Crippen LogP) is 2.52. The van der Waals surface area contributed by atoms with Crippen LogP contribution in [-0.2, 0) is 0 Å². The Hall–Kier alpha value is -2.83. The van der Waals surface area contributed by atoms with Crippen molar-refractivity contribution >= 4 is 17.3 Å². The summed E-state index contributed by atoms with van der Waals surface area (Å²) in [5, 5.41) is 16.7. The zero-order valence-electron chi connectivity index (χ0n) is 11.6. The number of nitrogens with zero attached hydrogens (tertiary/aromatic N) is 2. The second-order valence-electron chi connectivity index (χ2n) is 4.16. The lowest BCUT2D eigenvalue weighted by atomic mass is 10.3. The van der Waals surface area contributed by atoms with Crippen LogP contribution in [0.2, 0.25) is 0 Å². The highest BCUT2D eigenvalue weighted by Gasteiger charge is 2.15. The Morgan fingerprint density at radius 1 is 1.24 bits per heavy atom. The second-order valence-corrected chi connectivity index (χ2v) is 4.16. The van der Waals surface area contributed by atoms with Gasteiger partial charge in [-0.1, -0.05) is 18.2 Å². The van der Waals surface area contributed by atoms with E-state index >= 15 is 0 Å². The molecule has 0 atom stereocenters. The maximum Gasteiger partial charge on any atom is 0.311 e. The molecule has 110 valence electrons. The van der Waals surface area contributed by atoms with Gasteiger partial charge in [-0.25, -0.2) is 4.98 Å². The van der Waals surface area contributed by atoms with E-state index in [0.717, 1.165) is 5.75 Å². The average molecular weight is 288 g/mol. The molecule has 0 amide bonds. The summed E-state index contributed by atoms with van der Waals surface area (Å²) in [6.45, 7) is 0.794. The fraction of sp³-hybridized carbons (Fsp3) is 0.214. The van der Waals surface area contributed by atoms with Crippen LogP contribution in [0.1, 0.15) is 0 Å². The molecule has 1 aromatic heterocycles. The average Bonchev–Trinajstić information content (AvgIpc) is 2.52. The third-order valence-corrected chi connectivity index (χ3v) is 2.73. The van der Waals surface area contributed by atoms with Crippen LogP contribution in [0.25, 0.3) is 0 Å². The number of hydrogen-bond donors (Lipinski definition) is 2. The van der Waals surface area contributed by atoms with Crippen molar-refractivity contribution in [2.75, 3.05) is 30.8 Å². The first kappa shape index (κ1) is 14.6. The van der Waals surface area contributed by atoms with Crippen LogP contribution in [0, 0.1) is 10.1 Å². The molecule has 0 aliphatic rings. The molecule has 0 saturated carbocycles. The molecular formula is C14H16N4O3. The Morgan fingerprint density at radius 3 is 2.67 bits per heavy atom. The molecule has 0 aliphatic carbocycles. The van der Waals surface area contributed by atoms with Crippen molar-refractivity contribution in [3.05, 3.63) is 52.6 Å². The van der Waals surface area contributed by atoms with Gasteiger partial charge in [0, 0.05) is 13.1 Å². The predicted molar refractivity (Wildman–Crippen MR) is 80.9 cm³/mol. The van der Waals surface area contributed by atoms with Crippen LogP contribution >= 0.6 is 0 Å². The minimum Gasteiger partial charge on any atom is -0.492 e. The van der Waals surface area contributed by atoms with Gasteiger partial charge >= 0.3 is 5.69 Å². The Bertz CT molecular complexity index is 604. The molecule has 0 bridgehead atoms. The van der Waals surface area contributed by atoms with Gasteiger partial charge in [0.15, 0.2) is 0 Å². The lowest BCUT2D eigenvalue weighted by Crippen LogP contribution is -2.14. The van der Waals surface area contributed by atoms with Crippen molar-refractivity contribution in [3.63, 3.8) is 0 Å². The molecule has 7 heteroatoms. The molecule has 0 unspecified atom stereocenters. The fourth-order valence-electron chi connectivity index (χ4n) is 1.72. The first-order chi connectivity index (χ1) is 10.2. The first-order valence-corrected chi connectivity index (χ1v) is 6.45. The van der Waals surface area contributed by atoms with E-state index in [1.165, 1.54) is 6.07 Å². The molecule has 21 heavy (non-hydrogen) atoms. The highest BCUT2D eigenvalue weighted by Crippen LogP contribution is 2.23. The van der Waals surface area contributed by atoms with Crippen LogP contribution < -0.4 is 15.4 Å². The lowest BCUT2D eigenvalue weighted by Gasteiger charge is -2.09. The number of pyridine rings is 1. The third kappa shape index (κ3) is 4.07. The van der Waals surface area contributed by atoms with Gasteiger partial charge in [-0.15, -0.1) is 0 Å². The number of nitrogens with one attached hydrogen (secondary N) is 2. The van der Waals surface area contributed by atoms with E-state index in [1.807, 2.05) is 30.3 Å². The van der Waals surface area contributed by atoms with Crippen LogP contribution in [0.3, 0.4) is 0 Å². The van der Waals surface area contributed by atoms with Gasteiger partial charge in [-0.05, 0) is 18.2 Å². The van der Waals surface area contributed by atoms with Crippen molar-refractivity contribution in [2.45, 2.75) is 0 Å². The minimum absolute atomic E-state index is 0.0614. The van der Waals surface area contributed by atoms with Crippen molar-refractivity contribution in [1.29, 1.82) is 0 Å². The van der Waals surface area contributed by atoms with Crippen LogP contribution in [0.15, 0.2) is 42.5 Å². The molecule has 7 nitrogen and oxygen atoms in total. The van der Waals surface area contributed by atoms with Crippen molar-refractivity contribution in [2.24, 2.45) is 0 Å². The van der Waals surface area contributed by atoms with Crippen LogP contribution in [-0.4, -0.2) is 30.1 Å². The number of rotatable bonds is 7. The molecule has 0 radical (unpaired) electrons. The minimum atomic E-state index is -0.465. The fourth-order valence-corrected chi connectivity index (χ4v) is 1.72. The molecular weight excluding hydrogens is 272 g/mol. The molecule has 2 aromatic rings. The van der Waals surface area contributed by atoms with Crippen molar-refractivity contribution in [3.8, 4) is 5.75 Å². The van der Waals surface area contributed by atoms with Crippen molar-refractivity contribution < 1.29 is 9.66 Å². The van der Waals surface area contributed by atoms with Gasteiger partial charge in [-0.3, -0.25) is 10.1 Å². The number of ether oxygens (including phenoxy) is 1. The van der Waals surface area contributed by atoms with E-state index in [-0.39, 0.29) is 11.5 Å². The molecule has 0 spiro atoms. The van der Waals surface area contributed by atoms with Gasteiger partial charge in [0.25, 0.3) is 0 Å². The topological polar surface area (TPSA) is 89.3 Å². The summed E-state index contributed by atoms with van der Waals surface area (Å²) in [4.78, 5) is 14.6. The standard InChI is InChI=1S/C14H16N4O3/c1-15-13-8-7-12(18(19)20)14(17-13)16-9-10-21-11-5-3-2-4-6-11/h2-8H,9-10H2,1H3,(H2,15,16,17). The van der Waals surface area contributed by atoms with Gasteiger partial charge in [0.1, 0.15) is 18.2 Å². The van der Waals surface area contributed by atoms with E-state index in [2.05, 4.69) is 15.6 Å². The van der Waals surface area contributed by atoms with E-state index in [1.54, 1.807) is 13.1 Å². The maximum absolute atomic E-state index is 10.9. The summed E-state index contributed by atoms with van der Waals surface area (Å²) < 4.78 is 5.51. The summed E-state index contributed by atoms with van der Waals surface area (Å²) in [5.74, 6) is 1.54. The Morgan fingerprint density at radius 2 is 2.00 bits per heavy atom. The molecule has 1 heterocycles. The second kappa shape index (κ2) is 7.09. The van der Waals surface area contributed by atoms with E-state index in [0.29, 0.717) is 19.0 Å². The highest BCUT2D eigenvalue weighted by atomic mass is 16.6. The third-order valence-electron chi connectivity index (χ3n) is 2.73. The summed E-state index contributed by atoms with van der Waals surface area (Å²) in [5.41, 5.74) is -0.0614. The van der Waals surface area contributed by atoms with E-state index in [9.17, 15) is 10.1 Å². The smallest absolute Gasteiger partial charge is 0.311 e. The molecule has 0 fully saturated rings. The molecule has 0 aliphatic heterocycles. The monoisotopic (exact) mass is 288 g/mol. The molecule has 2 N–H and O–H groups in total.